The summed E-state index contributed by atoms with van der Waals surface area (Å²) >= 11 is 4.80. The molecule has 3 atom stereocenters. The van der Waals surface area contributed by atoms with Gasteiger partial charge in [-0.05, 0) is 78.6 Å². The zero-order valence-corrected chi connectivity index (χ0v) is 19.1. The normalized spacial score (nSPS) is 19.3. The van der Waals surface area contributed by atoms with Crippen LogP contribution in [0.2, 0.25) is 5.02 Å². The fourth-order valence-corrected chi connectivity index (χ4v) is 5.69. The van der Waals surface area contributed by atoms with Gasteiger partial charge in [-0.2, -0.15) is 0 Å². The number of aromatic nitrogens is 1. The average molecular weight is 469 g/mol. The van der Waals surface area contributed by atoms with Crippen LogP contribution in [-0.2, 0) is 11.2 Å². The van der Waals surface area contributed by atoms with Gasteiger partial charge in [0.1, 0.15) is 5.75 Å². The standard InChI is InChI=1S/C25H25ClN2O3S/c26-20-10-14-22(15-11-20)32(31)17-19-5-1-2-6-23(19)27-25(30)18-8-12-21(13-9-18)28-16-4-3-7-24(28)29/h3-4,7-16,19,23H,1-2,5-6,17H2,(H,27,30). The van der Waals surface area contributed by atoms with Gasteiger partial charge in [0, 0.05) is 40.5 Å². The zero-order valence-electron chi connectivity index (χ0n) is 17.6. The Labute approximate surface area is 195 Å². The summed E-state index contributed by atoms with van der Waals surface area (Å²) in [5.74, 6) is 0.528. The van der Waals surface area contributed by atoms with Crippen LogP contribution in [0.4, 0.5) is 0 Å². The first-order chi connectivity index (χ1) is 15.5. The third-order valence-corrected chi connectivity index (χ3v) is 7.68. The highest BCUT2D eigenvalue weighted by Gasteiger charge is 2.31. The molecule has 5 nitrogen and oxygen atoms in total. The molecular weight excluding hydrogens is 444 g/mol. The Morgan fingerprint density at radius 2 is 1.75 bits per heavy atom. The molecule has 2 aromatic carbocycles. The molecule has 0 saturated heterocycles. The second kappa shape index (κ2) is 10.4. The van der Waals surface area contributed by atoms with E-state index in [1.165, 1.54) is 10.6 Å². The van der Waals surface area contributed by atoms with E-state index < -0.39 is 11.2 Å². The van der Waals surface area contributed by atoms with Crippen molar-refractivity contribution in [1.29, 1.82) is 0 Å². The predicted molar refractivity (Wildman–Crippen MR) is 128 cm³/mol. The summed E-state index contributed by atoms with van der Waals surface area (Å²) in [6, 6.07) is 19.1. The van der Waals surface area contributed by atoms with E-state index in [4.69, 9.17) is 11.6 Å². The summed E-state index contributed by atoms with van der Waals surface area (Å²) in [6.45, 7) is 0. The molecule has 1 amide bonds. The first kappa shape index (κ1) is 22.6. The van der Waals surface area contributed by atoms with Gasteiger partial charge in [0.2, 0.25) is 0 Å². The summed E-state index contributed by atoms with van der Waals surface area (Å²) in [6.07, 6.45) is 5.65. The van der Waals surface area contributed by atoms with Crippen LogP contribution in [-0.4, -0.2) is 26.8 Å². The Morgan fingerprint density at radius 3 is 2.47 bits per heavy atom. The number of benzene rings is 2. The quantitative estimate of drug-likeness (QED) is 0.538. The number of nitrogens with one attached hydrogen (secondary N) is 1. The van der Waals surface area contributed by atoms with Crippen LogP contribution in [0.1, 0.15) is 36.0 Å². The monoisotopic (exact) mass is 468 g/mol. The Morgan fingerprint density at radius 1 is 1.03 bits per heavy atom. The molecule has 1 aliphatic rings. The summed E-state index contributed by atoms with van der Waals surface area (Å²) in [5, 5.41) is 3.78. The van der Waals surface area contributed by atoms with E-state index in [9.17, 15) is 14.1 Å². The number of pyridine rings is 1. The van der Waals surface area contributed by atoms with Crippen molar-refractivity contribution < 1.29 is 9.35 Å². The van der Waals surface area contributed by atoms with E-state index in [1.54, 1.807) is 66.9 Å². The van der Waals surface area contributed by atoms with Gasteiger partial charge >= 0.3 is 0 Å². The summed E-state index contributed by atoms with van der Waals surface area (Å²) in [5.41, 5.74) is 1.13. The van der Waals surface area contributed by atoms with Crippen LogP contribution in [0.15, 0.2) is 82.6 Å². The molecule has 1 heterocycles. The van der Waals surface area contributed by atoms with Gasteiger partial charge in [-0.3, -0.25) is 14.2 Å². The van der Waals surface area contributed by atoms with Gasteiger partial charge in [-0.1, -0.05) is 30.5 Å². The molecule has 0 aliphatic heterocycles. The van der Waals surface area contributed by atoms with Crippen molar-refractivity contribution in [2.45, 2.75) is 36.6 Å². The highest BCUT2D eigenvalue weighted by Crippen LogP contribution is 2.28. The Bertz CT molecular complexity index is 1120. The highest BCUT2D eigenvalue weighted by atomic mass is 35.5. The van der Waals surface area contributed by atoms with E-state index >= 15 is 0 Å². The van der Waals surface area contributed by atoms with Crippen LogP contribution in [0.5, 0.6) is 0 Å². The van der Waals surface area contributed by atoms with Gasteiger partial charge in [0.25, 0.3) is 11.5 Å². The summed E-state index contributed by atoms with van der Waals surface area (Å²) in [4.78, 5) is 25.7. The van der Waals surface area contributed by atoms with Crippen molar-refractivity contribution in [2.75, 3.05) is 5.75 Å². The van der Waals surface area contributed by atoms with E-state index in [2.05, 4.69) is 5.32 Å². The smallest absolute Gasteiger partial charge is 0.255 e. The maximum absolute atomic E-state index is 12.9. The molecule has 3 unspecified atom stereocenters. The van der Waals surface area contributed by atoms with Crippen LogP contribution in [0.25, 0.3) is 5.69 Å². The maximum atomic E-state index is 12.9. The van der Waals surface area contributed by atoms with Gasteiger partial charge in [-0.25, -0.2) is 0 Å². The number of carbonyl (C=O) groups excluding carboxylic acids is 1. The molecule has 7 heteroatoms. The lowest BCUT2D eigenvalue weighted by Crippen LogP contribution is -2.44. The van der Waals surface area contributed by atoms with Gasteiger partial charge in [0.15, 0.2) is 4.90 Å². The molecule has 0 bridgehead atoms. The Hall–Kier alpha value is -2.54. The number of hydrogen-bond acceptors (Lipinski definition) is 3. The largest absolute Gasteiger partial charge is 0.611 e. The Balaban J connectivity index is 1.42. The lowest BCUT2D eigenvalue weighted by molar-refractivity contribution is 0.0911. The first-order valence-corrected chi connectivity index (χ1v) is 12.4. The Kier molecular flexibility index (Phi) is 7.35. The number of carbonyl (C=O) groups is 1. The van der Waals surface area contributed by atoms with Crippen LogP contribution >= 0.6 is 11.6 Å². The molecule has 1 aliphatic carbocycles. The van der Waals surface area contributed by atoms with Crippen LogP contribution in [0.3, 0.4) is 0 Å². The molecule has 4 rings (SSSR count). The van der Waals surface area contributed by atoms with E-state index in [0.29, 0.717) is 22.0 Å². The van der Waals surface area contributed by atoms with Crippen LogP contribution in [0, 0.1) is 5.92 Å². The molecule has 0 spiro atoms. The van der Waals surface area contributed by atoms with Crippen molar-refractivity contribution in [1.82, 2.24) is 9.88 Å². The molecule has 1 fully saturated rings. The number of amides is 1. The molecule has 0 radical (unpaired) electrons. The third kappa shape index (κ3) is 5.44. The SMILES string of the molecule is O=C(NC1CCCCC1C[S+]([O-])c1ccc(Cl)cc1)c1ccc(-n2ccccc2=O)cc1. The van der Waals surface area contributed by atoms with Gasteiger partial charge in [-0.15, -0.1) is 0 Å². The maximum Gasteiger partial charge on any atom is 0.255 e. The predicted octanol–water partition coefficient (Wildman–Crippen LogP) is 4.59. The second-order valence-corrected chi connectivity index (χ2v) is 9.98. The number of hydrogen-bond donors (Lipinski definition) is 1. The van der Waals surface area contributed by atoms with Gasteiger partial charge < -0.3 is 9.87 Å². The summed E-state index contributed by atoms with van der Waals surface area (Å²) in [7, 11) is 0. The average Bonchev–Trinajstić information content (AvgIpc) is 2.81. The van der Waals surface area contributed by atoms with E-state index in [-0.39, 0.29) is 23.4 Å². The molecule has 1 aromatic heterocycles. The fraction of sp³-hybridized carbons (Fsp3) is 0.280. The van der Waals surface area contributed by atoms with Crippen molar-refractivity contribution >= 4 is 28.7 Å². The molecular formula is C25H25ClN2O3S. The molecule has 3 aromatic rings. The number of rotatable bonds is 6. The van der Waals surface area contributed by atoms with Crippen LogP contribution < -0.4 is 10.9 Å². The lowest BCUT2D eigenvalue weighted by Gasteiger charge is -2.32. The minimum atomic E-state index is -1.14. The van der Waals surface area contributed by atoms with Crippen molar-refractivity contribution in [2.24, 2.45) is 5.92 Å². The topological polar surface area (TPSA) is 74.2 Å². The van der Waals surface area contributed by atoms with E-state index in [0.717, 1.165) is 30.6 Å². The fourth-order valence-electron chi connectivity index (χ4n) is 4.14. The first-order valence-electron chi connectivity index (χ1n) is 10.7. The van der Waals surface area contributed by atoms with E-state index in [1.807, 2.05) is 0 Å². The van der Waals surface area contributed by atoms with Crippen molar-refractivity contribution in [3.05, 3.63) is 93.9 Å². The molecule has 1 N–H and O–H groups in total. The number of halogens is 1. The third-order valence-electron chi connectivity index (χ3n) is 5.90. The second-order valence-electron chi connectivity index (χ2n) is 8.05. The van der Waals surface area contributed by atoms with Crippen molar-refractivity contribution in [3.8, 4) is 5.69 Å². The lowest BCUT2D eigenvalue weighted by atomic mass is 9.85. The van der Waals surface area contributed by atoms with Crippen molar-refractivity contribution in [3.63, 3.8) is 0 Å². The molecule has 166 valence electrons. The zero-order chi connectivity index (χ0) is 22.5. The highest BCUT2D eigenvalue weighted by molar-refractivity contribution is 7.91. The summed E-state index contributed by atoms with van der Waals surface area (Å²) < 4.78 is 14.4. The minimum Gasteiger partial charge on any atom is -0.611 e. The molecule has 1 saturated carbocycles. The van der Waals surface area contributed by atoms with Gasteiger partial charge in [0.05, 0.1) is 0 Å². The molecule has 32 heavy (non-hydrogen) atoms. The number of nitrogens with zero attached hydrogens (tertiary/aromatic N) is 1. The minimum absolute atomic E-state index is 0.0103.